The van der Waals surface area contributed by atoms with Crippen molar-refractivity contribution >= 4 is 5.91 Å². The normalized spacial score (nSPS) is 12.2. The molecule has 0 fully saturated rings. The third kappa shape index (κ3) is 25.4. The molecule has 3 heteroatoms. The zero-order chi connectivity index (χ0) is 21.4. The molecule has 174 valence electrons. The van der Waals surface area contributed by atoms with Crippen LogP contribution in [0.4, 0.5) is 0 Å². The lowest BCUT2D eigenvalue weighted by molar-refractivity contribution is -0.121. The highest BCUT2D eigenvalue weighted by molar-refractivity contribution is 5.75. The number of carbonyl (C=O) groups is 1. The van der Waals surface area contributed by atoms with E-state index < -0.39 is 6.10 Å². The standard InChI is InChI=1S/C26H53NO2/c1-3-4-5-6-7-8-9-10-11-12-13-14-15-16-17-18-19-20-21-22-23-26(29)27-24-25(2)28/h25,28H,3-24H2,1-2H3,(H,27,29). The summed E-state index contributed by atoms with van der Waals surface area (Å²) in [6.45, 7) is 4.35. The van der Waals surface area contributed by atoms with Gasteiger partial charge in [0.1, 0.15) is 0 Å². The van der Waals surface area contributed by atoms with Crippen molar-refractivity contribution in [3.63, 3.8) is 0 Å². The number of nitrogens with one attached hydrogen (secondary N) is 1. The van der Waals surface area contributed by atoms with Gasteiger partial charge in [0.05, 0.1) is 6.10 Å². The summed E-state index contributed by atoms with van der Waals surface area (Å²) in [6.07, 6.45) is 27.7. The van der Waals surface area contributed by atoms with Gasteiger partial charge in [-0.1, -0.05) is 129 Å². The Kier molecular flexibility index (Phi) is 23.2. The molecule has 0 spiro atoms. The predicted octanol–water partition coefficient (Wildman–Crippen LogP) is 7.70. The van der Waals surface area contributed by atoms with E-state index in [0.29, 0.717) is 13.0 Å². The number of aliphatic hydroxyl groups excluding tert-OH is 1. The van der Waals surface area contributed by atoms with Crippen LogP contribution in [0.1, 0.15) is 149 Å². The lowest BCUT2D eigenvalue weighted by Crippen LogP contribution is -2.30. The maximum atomic E-state index is 11.5. The van der Waals surface area contributed by atoms with Crippen LogP contribution < -0.4 is 5.32 Å². The van der Waals surface area contributed by atoms with Crippen molar-refractivity contribution in [3.05, 3.63) is 0 Å². The fourth-order valence-electron chi connectivity index (χ4n) is 3.89. The quantitative estimate of drug-likeness (QED) is 0.169. The summed E-state index contributed by atoms with van der Waals surface area (Å²) in [6, 6.07) is 0. The van der Waals surface area contributed by atoms with Crippen molar-refractivity contribution in [1.29, 1.82) is 0 Å². The van der Waals surface area contributed by atoms with Crippen LogP contribution >= 0.6 is 0 Å². The highest BCUT2D eigenvalue weighted by Crippen LogP contribution is 2.15. The molecule has 0 aliphatic carbocycles. The second-order valence-electron chi connectivity index (χ2n) is 9.12. The molecule has 1 amide bonds. The van der Waals surface area contributed by atoms with Crippen LogP contribution in [-0.4, -0.2) is 23.7 Å². The van der Waals surface area contributed by atoms with Crippen LogP contribution in [0.2, 0.25) is 0 Å². The third-order valence-electron chi connectivity index (χ3n) is 5.85. The average molecular weight is 412 g/mol. The van der Waals surface area contributed by atoms with E-state index in [9.17, 15) is 4.79 Å². The van der Waals surface area contributed by atoms with E-state index in [1.165, 1.54) is 116 Å². The van der Waals surface area contributed by atoms with Crippen LogP contribution in [0.15, 0.2) is 0 Å². The van der Waals surface area contributed by atoms with Crippen LogP contribution in [0.25, 0.3) is 0 Å². The lowest BCUT2D eigenvalue weighted by atomic mass is 10.0. The largest absolute Gasteiger partial charge is 0.392 e. The maximum absolute atomic E-state index is 11.5. The summed E-state index contributed by atoms with van der Waals surface area (Å²) >= 11 is 0. The molecule has 0 saturated carbocycles. The Morgan fingerprint density at radius 1 is 0.621 bits per heavy atom. The third-order valence-corrected chi connectivity index (χ3v) is 5.85. The molecule has 0 heterocycles. The zero-order valence-corrected chi connectivity index (χ0v) is 20.0. The van der Waals surface area contributed by atoms with Gasteiger partial charge in [-0.25, -0.2) is 0 Å². The molecule has 0 aromatic heterocycles. The number of rotatable bonds is 23. The molecule has 1 atom stereocenters. The summed E-state index contributed by atoms with van der Waals surface area (Å²) in [7, 11) is 0. The molecule has 0 aromatic carbocycles. The first-order valence-electron chi connectivity index (χ1n) is 13.1. The molecule has 1 unspecified atom stereocenters. The van der Waals surface area contributed by atoms with Gasteiger partial charge < -0.3 is 10.4 Å². The highest BCUT2D eigenvalue weighted by atomic mass is 16.3. The number of carbonyl (C=O) groups excluding carboxylic acids is 1. The topological polar surface area (TPSA) is 49.3 Å². The second kappa shape index (κ2) is 23.7. The Bertz CT molecular complexity index is 331. The molecule has 0 rings (SSSR count). The monoisotopic (exact) mass is 411 g/mol. The van der Waals surface area contributed by atoms with Crippen LogP contribution in [0, 0.1) is 0 Å². The number of aliphatic hydroxyl groups is 1. The van der Waals surface area contributed by atoms with Crippen LogP contribution in [-0.2, 0) is 4.79 Å². The van der Waals surface area contributed by atoms with Gasteiger partial charge in [-0.15, -0.1) is 0 Å². The average Bonchev–Trinajstić information content (AvgIpc) is 2.70. The van der Waals surface area contributed by atoms with Gasteiger partial charge in [0.2, 0.25) is 5.91 Å². The summed E-state index contributed by atoms with van der Waals surface area (Å²) in [5.74, 6) is 0.0771. The molecular weight excluding hydrogens is 358 g/mol. The number of unbranched alkanes of at least 4 members (excludes halogenated alkanes) is 19. The van der Waals surface area contributed by atoms with Crippen molar-refractivity contribution in [2.45, 2.75) is 155 Å². The first-order valence-corrected chi connectivity index (χ1v) is 13.1. The molecule has 3 nitrogen and oxygen atoms in total. The van der Waals surface area contributed by atoms with E-state index in [0.717, 1.165) is 12.8 Å². The minimum absolute atomic E-state index is 0.0771. The van der Waals surface area contributed by atoms with E-state index in [4.69, 9.17) is 5.11 Å². The van der Waals surface area contributed by atoms with Crippen molar-refractivity contribution < 1.29 is 9.90 Å². The highest BCUT2D eigenvalue weighted by Gasteiger charge is 2.02. The molecule has 0 aromatic rings. The van der Waals surface area contributed by atoms with Gasteiger partial charge in [0, 0.05) is 13.0 Å². The second-order valence-corrected chi connectivity index (χ2v) is 9.12. The number of amides is 1. The van der Waals surface area contributed by atoms with E-state index in [1.807, 2.05) is 0 Å². The molecule has 29 heavy (non-hydrogen) atoms. The molecule has 0 bridgehead atoms. The van der Waals surface area contributed by atoms with Crippen molar-refractivity contribution in [1.82, 2.24) is 5.32 Å². The van der Waals surface area contributed by atoms with Crippen molar-refractivity contribution in [2.24, 2.45) is 0 Å². The molecule has 0 radical (unpaired) electrons. The van der Waals surface area contributed by atoms with Crippen molar-refractivity contribution in [2.75, 3.05) is 6.54 Å². The van der Waals surface area contributed by atoms with E-state index in [-0.39, 0.29) is 5.91 Å². The number of hydrogen-bond acceptors (Lipinski definition) is 2. The maximum Gasteiger partial charge on any atom is 0.220 e. The Labute approximate surface area is 182 Å². The molecule has 0 aliphatic heterocycles. The van der Waals surface area contributed by atoms with E-state index in [1.54, 1.807) is 6.92 Å². The van der Waals surface area contributed by atoms with E-state index in [2.05, 4.69) is 12.2 Å². The predicted molar refractivity (Wildman–Crippen MR) is 127 cm³/mol. The van der Waals surface area contributed by atoms with Crippen LogP contribution in [0.5, 0.6) is 0 Å². The first kappa shape index (κ1) is 28.4. The minimum atomic E-state index is -0.450. The van der Waals surface area contributed by atoms with E-state index >= 15 is 0 Å². The number of hydrogen-bond donors (Lipinski definition) is 2. The van der Waals surface area contributed by atoms with Crippen LogP contribution in [0.3, 0.4) is 0 Å². The van der Waals surface area contributed by atoms with Gasteiger partial charge in [-0.05, 0) is 13.3 Å². The van der Waals surface area contributed by atoms with Gasteiger partial charge >= 0.3 is 0 Å². The van der Waals surface area contributed by atoms with Gasteiger partial charge in [-0.2, -0.15) is 0 Å². The van der Waals surface area contributed by atoms with Gasteiger partial charge in [-0.3, -0.25) is 4.79 Å². The zero-order valence-electron chi connectivity index (χ0n) is 20.0. The fraction of sp³-hybridized carbons (Fsp3) is 0.962. The molecular formula is C26H53NO2. The Morgan fingerprint density at radius 3 is 1.24 bits per heavy atom. The van der Waals surface area contributed by atoms with Gasteiger partial charge in [0.25, 0.3) is 0 Å². The fourth-order valence-corrected chi connectivity index (χ4v) is 3.89. The lowest BCUT2D eigenvalue weighted by Gasteiger charge is -2.07. The Hall–Kier alpha value is -0.570. The summed E-state index contributed by atoms with van der Waals surface area (Å²) < 4.78 is 0. The van der Waals surface area contributed by atoms with Gasteiger partial charge in [0.15, 0.2) is 0 Å². The van der Waals surface area contributed by atoms with Crippen molar-refractivity contribution in [3.8, 4) is 0 Å². The Balaban J connectivity index is 3.07. The summed E-state index contributed by atoms with van der Waals surface area (Å²) in [5.41, 5.74) is 0. The summed E-state index contributed by atoms with van der Waals surface area (Å²) in [5, 5.41) is 11.9. The molecule has 0 saturated heterocycles. The SMILES string of the molecule is CCCCCCCCCCCCCCCCCCCCCCC(=O)NCC(C)O. The molecule has 0 aliphatic rings. The first-order chi connectivity index (χ1) is 14.2. The smallest absolute Gasteiger partial charge is 0.220 e. The minimum Gasteiger partial charge on any atom is -0.392 e. The Morgan fingerprint density at radius 2 is 0.931 bits per heavy atom. The summed E-state index contributed by atoms with van der Waals surface area (Å²) in [4.78, 5) is 11.5. The molecule has 2 N–H and O–H groups in total.